The van der Waals surface area contributed by atoms with E-state index in [0.29, 0.717) is 5.56 Å². The molecule has 104 valence electrons. The molecule has 8 nitrogen and oxygen atoms in total. The van der Waals surface area contributed by atoms with E-state index < -0.39 is 10.9 Å². The summed E-state index contributed by atoms with van der Waals surface area (Å²) in [6.45, 7) is 0.0947. The molecule has 0 aliphatic heterocycles. The van der Waals surface area contributed by atoms with Gasteiger partial charge in [0.2, 0.25) is 0 Å². The highest BCUT2D eigenvalue weighted by molar-refractivity contribution is 6.30. The Kier molecular flexibility index (Phi) is 3.94. The Morgan fingerprint density at radius 2 is 2.30 bits per heavy atom. The molecular formula is C11H9ClN4O4. The van der Waals surface area contributed by atoms with Gasteiger partial charge < -0.3 is 4.74 Å². The molecule has 0 aliphatic carbocycles. The van der Waals surface area contributed by atoms with Gasteiger partial charge in [-0.2, -0.15) is 0 Å². The van der Waals surface area contributed by atoms with Gasteiger partial charge >= 0.3 is 5.97 Å². The number of carbonyl (C=O) groups excluding carboxylic acids is 1. The third kappa shape index (κ3) is 2.91. The van der Waals surface area contributed by atoms with Crippen LogP contribution in [0.2, 0.25) is 5.02 Å². The molecule has 0 spiro atoms. The highest BCUT2D eigenvalue weighted by atomic mass is 35.5. The summed E-state index contributed by atoms with van der Waals surface area (Å²) < 4.78 is 5.78. The molecule has 9 heteroatoms. The second kappa shape index (κ2) is 5.66. The molecule has 0 saturated heterocycles. The number of benzene rings is 1. The summed E-state index contributed by atoms with van der Waals surface area (Å²) in [5, 5.41) is 15.1. The first kappa shape index (κ1) is 13.9. The van der Waals surface area contributed by atoms with Gasteiger partial charge in [-0.15, -0.1) is 5.10 Å². The zero-order valence-corrected chi connectivity index (χ0v) is 11.1. The third-order valence-corrected chi connectivity index (χ3v) is 2.72. The molecular weight excluding hydrogens is 288 g/mol. The predicted molar refractivity (Wildman–Crippen MR) is 68.6 cm³/mol. The van der Waals surface area contributed by atoms with E-state index in [0.717, 1.165) is 0 Å². The van der Waals surface area contributed by atoms with E-state index in [4.69, 9.17) is 11.6 Å². The van der Waals surface area contributed by atoms with E-state index in [1.807, 2.05) is 0 Å². The second-order valence-electron chi connectivity index (χ2n) is 3.79. The molecule has 0 atom stereocenters. The largest absolute Gasteiger partial charge is 0.463 e. The highest BCUT2D eigenvalue weighted by Crippen LogP contribution is 2.23. The number of nitro groups is 1. The van der Waals surface area contributed by atoms with Gasteiger partial charge in [-0.25, -0.2) is 14.5 Å². The van der Waals surface area contributed by atoms with Gasteiger partial charge in [-0.1, -0.05) is 11.6 Å². The molecule has 0 aliphatic rings. The minimum absolute atomic E-state index is 0.0947. The van der Waals surface area contributed by atoms with Crippen LogP contribution in [0.1, 0.15) is 16.2 Å². The fourth-order valence-corrected chi connectivity index (χ4v) is 1.74. The number of esters is 1. The van der Waals surface area contributed by atoms with Crippen molar-refractivity contribution in [2.24, 2.45) is 0 Å². The topological polar surface area (TPSA) is 100 Å². The van der Waals surface area contributed by atoms with Crippen molar-refractivity contribution < 1.29 is 14.5 Å². The Balaban J connectivity index is 2.28. The number of nitrogens with zero attached hydrogens (tertiary/aromatic N) is 4. The van der Waals surface area contributed by atoms with Gasteiger partial charge in [0.25, 0.3) is 11.5 Å². The van der Waals surface area contributed by atoms with Crippen molar-refractivity contribution in [1.29, 1.82) is 0 Å². The summed E-state index contributed by atoms with van der Waals surface area (Å²) in [6, 6.07) is 4.33. The Bertz CT molecular complexity index is 670. The van der Waals surface area contributed by atoms with Crippen LogP contribution < -0.4 is 0 Å². The Morgan fingerprint density at radius 1 is 1.55 bits per heavy atom. The average Bonchev–Trinajstić information content (AvgIpc) is 2.88. The Hall–Kier alpha value is -2.48. The smallest absolute Gasteiger partial charge is 0.377 e. The number of rotatable bonds is 4. The van der Waals surface area contributed by atoms with Gasteiger partial charge in [-0.3, -0.25) is 10.1 Å². The van der Waals surface area contributed by atoms with Gasteiger partial charge in [0.15, 0.2) is 0 Å². The molecule has 0 fully saturated rings. The van der Waals surface area contributed by atoms with Crippen molar-refractivity contribution >= 4 is 23.3 Å². The minimum Gasteiger partial charge on any atom is -0.463 e. The molecule has 0 saturated carbocycles. The molecule has 2 aromatic rings. The zero-order chi connectivity index (χ0) is 14.7. The molecule has 1 aromatic carbocycles. The highest BCUT2D eigenvalue weighted by Gasteiger charge is 2.16. The van der Waals surface area contributed by atoms with Crippen LogP contribution in [-0.4, -0.2) is 32.8 Å². The number of hydrogen-bond acceptors (Lipinski definition) is 6. The maximum Gasteiger partial charge on any atom is 0.377 e. The van der Waals surface area contributed by atoms with Crippen LogP contribution in [0.5, 0.6) is 0 Å². The molecule has 1 heterocycles. The molecule has 0 unspecified atom stereocenters. The van der Waals surface area contributed by atoms with Crippen molar-refractivity contribution in [1.82, 2.24) is 14.8 Å². The molecule has 0 bridgehead atoms. The molecule has 2 rings (SSSR count). The van der Waals surface area contributed by atoms with E-state index in [1.165, 1.54) is 30.3 Å². The quantitative estimate of drug-likeness (QED) is 0.483. The van der Waals surface area contributed by atoms with E-state index in [2.05, 4.69) is 14.8 Å². The lowest BCUT2D eigenvalue weighted by molar-refractivity contribution is -0.385. The lowest BCUT2D eigenvalue weighted by Crippen LogP contribution is -2.07. The third-order valence-electron chi connectivity index (χ3n) is 2.48. The SMILES string of the molecule is COC(=O)c1ncn(Cc2ccc(Cl)cc2[N+](=O)[O-])n1. The zero-order valence-electron chi connectivity index (χ0n) is 10.3. The Labute approximate surface area is 118 Å². The van der Waals surface area contributed by atoms with Crippen LogP contribution in [0.15, 0.2) is 24.5 Å². The number of halogens is 1. The lowest BCUT2D eigenvalue weighted by atomic mass is 10.2. The van der Waals surface area contributed by atoms with Crippen LogP contribution in [-0.2, 0) is 11.3 Å². The molecule has 0 amide bonds. The second-order valence-corrected chi connectivity index (χ2v) is 4.22. The number of carbonyl (C=O) groups is 1. The summed E-state index contributed by atoms with van der Waals surface area (Å²) in [7, 11) is 1.22. The van der Waals surface area contributed by atoms with E-state index in [-0.39, 0.29) is 23.1 Å². The van der Waals surface area contributed by atoms with Crippen molar-refractivity contribution in [3.63, 3.8) is 0 Å². The first-order valence-electron chi connectivity index (χ1n) is 5.42. The monoisotopic (exact) mass is 296 g/mol. The summed E-state index contributed by atoms with van der Waals surface area (Å²) >= 11 is 5.73. The van der Waals surface area contributed by atoms with E-state index in [1.54, 1.807) is 6.07 Å². The van der Waals surface area contributed by atoms with Crippen molar-refractivity contribution in [3.8, 4) is 0 Å². The maximum absolute atomic E-state index is 11.2. The summed E-state index contributed by atoms with van der Waals surface area (Å²) in [5.41, 5.74) is 0.285. The molecule has 1 aromatic heterocycles. The van der Waals surface area contributed by atoms with Gasteiger partial charge in [0.1, 0.15) is 6.33 Å². The Morgan fingerprint density at radius 3 is 2.95 bits per heavy atom. The van der Waals surface area contributed by atoms with Crippen LogP contribution in [0.4, 0.5) is 5.69 Å². The van der Waals surface area contributed by atoms with Crippen molar-refractivity contribution in [2.75, 3.05) is 7.11 Å². The van der Waals surface area contributed by atoms with Crippen LogP contribution in [0, 0.1) is 10.1 Å². The molecule has 0 radical (unpaired) electrons. The average molecular weight is 297 g/mol. The van der Waals surface area contributed by atoms with Gasteiger partial charge in [0.05, 0.1) is 24.1 Å². The summed E-state index contributed by atoms with van der Waals surface area (Å²) in [6.07, 6.45) is 1.30. The number of nitro benzene ring substituents is 1. The molecule has 20 heavy (non-hydrogen) atoms. The van der Waals surface area contributed by atoms with Gasteiger partial charge in [-0.05, 0) is 12.1 Å². The predicted octanol–water partition coefficient (Wildman–Crippen LogP) is 1.67. The number of aromatic nitrogens is 3. The first-order chi connectivity index (χ1) is 9.51. The van der Waals surface area contributed by atoms with Crippen LogP contribution >= 0.6 is 11.6 Å². The molecule has 0 N–H and O–H groups in total. The summed E-state index contributed by atoms with van der Waals surface area (Å²) in [5.74, 6) is -0.779. The van der Waals surface area contributed by atoms with Crippen molar-refractivity contribution in [3.05, 3.63) is 51.1 Å². The lowest BCUT2D eigenvalue weighted by Gasteiger charge is -2.03. The standard InChI is InChI=1S/C11H9ClN4O4/c1-20-11(17)10-13-6-15(14-10)5-7-2-3-8(12)4-9(7)16(18)19/h2-4,6H,5H2,1H3. The van der Waals surface area contributed by atoms with Crippen LogP contribution in [0.3, 0.4) is 0 Å². The van der Waals surface area contributed by atoms with E-state index >= 15 is 0 Å². The number of hydrogen-bond donors (Lipinski definition) is 0. The summed E-state index contributed by atoms with van der Waals surface area (Å²) in [4.78, 5) is 25.4. The minimum atomic E-state index is -0.672. The first-order valence-corrected chi connectivity index (χ1v) is 5.79. The van der Waals surface area contributed by atoms with Crippen molar-refractivity contribution in [2.45, 2.75) is 6.54 Å². The fraction of sp³-hybridized carbons (Fsp3) is 0.182. The fourth-order valence-electron chi connectivity index (χ4n) is 1.57. The van der Waals surface area contributed by atoms with E-state index in [9.17, 15) is 14.9 Å². The maximum atomic E-state index is 11.2. The number of ether oxygens (including phenoxy) is 1. The number of methoxy groups -OCH3 is 1. The normalized spacial score (nSPS) is 10.3. The van der Waals surface area contributed by atoms with Gasteiger partial charge in [0, 0.05) is 11.1 Å². The van der Waals surface area contributed by atoms with Crippen LogP contribution in [0.25, 0.3) is 0 Å².